The number of rotatable bonds is 8. The zero-order valence-electron chi connectivity index (χ0n) is 16.4. The smallest absolute Gasteiger partial charge is 0.387 e. The summed E-state index contributed by atoms with van der Waals surface area (Å²) >= 11 is 0. The van der Waals surface area contributed by atoms with E-state index in [1.54, 1.807) is 0 Å². The van der Waals surface area contributed by atoms with Gasteiger partial charge in [-0.05, 0) is 6.07 Å². The third-order valence-electron chi connectivity index (χ3n) is 4.26. The minimum absolute atomic E-state index is 0.00892. The Bertz CT molecular complexity index is 1240. The van der Waals surface area contributed by atoms with Crippen LogP contribution in [0.5, 0.6) is 0 Å². The highest BCUT2D eigenvalue weighted by molar-refractivity contribution is 7.66. The van der Waals surface area contributed by atoms with Gasteiger partial charge >= 0.3 is 23.5 Å². The van der Waals surface area contributed by atoms with Gasteiger partial charge in [0.15, 0.2) is 5.82 Å². The predicted molar refractivity (Wildman–Crippen MR) is 107 cm³/mol. The molecule has 6 atom stereocenters. The van der Waals surface area contributed by atoms with Gasteiger partial charge in [-0.15, -0.1) is 0 Å². The van der Waals surface area contributed by atoms with E-state index in [0.717, 1.165) is 6.33 Å². The Balaban J connectivity index is 1.82. The second kappa shape index (κ2) is 9.09. The molecule has 1 fully saturated rings. The van der Waals surface area contributed by atoms with Gasteiger partial charge in [-0.3, -0.25) is 4.52 Å². The SMILES string of the molecule is Nc1cc2c([C@]3(O)O[C@H](COP(=O)(O)OP(=O)(O)OP(=O)(O)O)[C@@H](O)[C@H]3O)ncnc2c(N)n1. The molecule has 0 spiro atoms. The van der Waals surface area contributed by atoms with Crippen molar-refractivity contribution >= 4 is 46.0 Å². The van der Waals surface area contributed by atoms with E-state index in [1.807, 2.05) is 0 Å². The number of phosphoric acid groups is 3. The molecule has 3 heterocycles. The Morgan fingerprint density at radius 3 is 2.32 bits per heavy atom. The average Bonchev–Trinajstić information content (AvgIpc) is 2.88. The van der Waals surface area contributed by atoms with E-state index in [0.29, 0.717) is 0 Å². The molecule has 3 rings (SSSR count). The second-order valence-electron chi connectivity index (χ2n) is 6.73. The summed E-state index contributed by atoms with van der Waals surface area (Å²) < 4.78 is 50.6. The normalized spacial score (nSPS) is 29.1. The van der Waals surface area contributed by atoms with Crippen molar-refractivity contribution < 1.29 is 66.5 Å². The number of aliphatic hydroxyl groups is 3. The summed E-state index contributed by atoms with van der Waals surface area (Å²) in [5, 5.41) is 31.6. The molecule has 19 nitrogen and oxygen atoms in total. The molecule has 1 aliphatic rings. The number of aromatic nitrogens is 3. The molecule has 0 aromatic carbocycles. The van der Waals surface area contributed by atoms with Crippen LogP contribution in [-0.2, 0) is 37.4 Å². The number of pyridine rings is 1. The van der Waals surface area contributed by atoms with Crippen LogP contribution >= 0.6 is 23.5 Å². The molecule has 22 heteroatoms. The number of aliphatic hydroxyl groups excluding tert-OH is 2. The van der Waals surface area contributed by atoms with E-state index in [2.05, 4.69) is 28.1 Å². The standard InChI is InChI=1S/C12H18N5O14P3/c13-6-1-4-7(11(14)17-6)15-3-16-9(4)12(20)10(19)8(18)5(29-12)2-28-33(24,25)31-34(26,27)30-32(21,22)23/h1,3,5,8,10,18-20H,2H2,(H,24,25)(H,26,27)(H4,13,14,17)(H2,21,22,23)/t5-,8-,10-,12+/m1/s1. The summed E-state index contributed by atoms with van der Waals surface area (Å²) in [5.74, 6) is -3.02. The molecular weight excluding hydrogens is 531 g/mol. The second-order valence-corrected chi connectivity index (χ2v) is 11.1. The summed E-state index contributed by atoms with van der Waals surface area (Å²) in [4.78, 5) is 47.2. The number of phosphoric ester groups is 1. The predicted octanol–water partition coefficient (Wildman–Crippen LogP) is -2.20. The van der Waals surface area contributed by atoms with Gasteiger partial charge in [0.05, 0.1) is 6.61 Å². The molecule has 190 valence electrons. The van der Waals surface area contributed by atoms with Crippen LogP contribution in [0, 0.1) is 0 Å². The molecule has 1 aliphatic heterocycles. The number of nitrogens with two attached hydrogens (primary N) is 2. The van der Waals surface area contributed by atoms with Crippen LogP contribution < -0.4 is 11.5 Å². The summed E-state index contributed by atoms with van der Waals surface area (Å²) in [7, 11) is -17.0. The van der Waals surface area contributed by atoms with Gasteiger partial charge in [-0.1, -0.05) is 0 Å². The highest BCUT2D eigenvalue weighted by atomic mass is 31.3. The zero-order valence-corrected chi connectivity index (χ0v) is 19.1. The fourth-order valence-electron chi connectivity index (χ4n) is 3.00. The number of nitrogen functional groups attached to an aromatic ring is 2. The van der Waals surface area contributed by atoms with Crippen LogP contribution in [0.4, 0.5) is 11.6 Å². The van der Waals surface area contributed by atoms with E-state index in [4.69, 9.17) is 30.9 Å². The van der Waals surface area contributed by atoms with E-state index in [9.17, 15) is 33.9 Å². The van der Waals surface area contributed by atoms with Gasteiger partial charge in [-0.25, -0.2) is 28.6 Å². The van der Waals surface area contributed by atoms with E-state index in [-0.39, 0.29) is 22.5 Å². The Morgan fingerprint density at radius 2 is 1.71 bits per heavy atom. The van der Waals surface area contributed by atoms with Gasteiger partial charge in [0.25, 0.3) is 0 Å². The maximum Gasteiger partial charge on any atom is 0.490 e. The number of ether oxygens (including phenoxy) is 1. The molecule has 11 N–H and O–H groups in total. The van der Waals surface area contributed by atoms with Crippen LogP contribution in [0.3, 0.4) is 0 Å². The molecule has 2 aromatic heterocycles. The molecule has 0 amide bonds. The quantitative estimate of drug-likeness (QED) is 0.158. The van der Waals surface area contributed by atoms with Gasteiger partial charge in [-0.2, -0.15) is 8.62 Å². The topological polar surface area (TPSA) is 320 Å². The minimum atomic E-state index is -5.78. The Labute approximate surface area is 188 Å². The number of nitrogens with zero attached hydrogens (tertiary/aromatic N) is 3. The monoisotopic (exact) mass is 549 g/mol. The van der Waals surface area contributed by atoms with E-state index >= 15 is 0 Å². The lowest BCUT2D eigenvalue weighted by molar-refractivity contribution is -0.240. The van der Waals surface area contributed by atoms with Crippen molar-refractivity contribution in [2.45, 2.75) is 24.1 Å². The summed E-state index contributed by atoms with van der Waals surface area (Å²) in [6.45, 7) is -1.15. The Kier molecular flexibility index (Phi) is 7.20. The fraction of sp³-hybridized carbons (Fsp3) is 0.417. The minimum Gasteiger partial charge on any atom is -0.387 e. The van der Waals surface area contributed by atoms with Crippen LogP contribution in [0.2, 0.25) is 0 Å². The van der Waals surface area contributed by atoms with Crippen molar-refractivity contribution in [3.63, 3.8) is 0 Å². The van der Waals surface area contributed by atoms with E-state index < -0.39 is 59.9 Å². The first-order valence-electron chi connectivity index (χ1n) is 8.66. The number of anilines is 2. The Hall–Kier alpha value is -1.66. The zero-order chi connectivity index (χ0) is 25.7. The van der Waals surface area contributed by atoms with Gasteiger partial charge in [0.2, 0.25) is 5.79 Å². The highest BCUT2D eigenvalue weighted by Crippen LogP contribution is 2.66. The molecule has 0 saturated carbocycles. The molecule has 0 radical (unpaired) electrons. The molecule has 0 aliphatic carbocycles. The molecule has 1 saturated heterocycles. The molecule has 2 unspecified atom stereocenters. The molecule has 2 aromatic rings. The van der Waals surface area contributed by atoms with Crippen molar-refractivity contribution in [1.82, 2.24) is 15.0 Å². The average molecular weight is 549 g/mol. The van der Waals surface area contributed by atoms with Crippen LogP contribution in [0.1, 0.15) is 5.69 Å². The van der Waals surface area contributed by atoms with Gasteiger partial charge in [0, 0.05) is 5.39 Å². The third-order valence-corrected chi connectivity index (χ3v) is 8.06. The largest absolute Gasteiger partial charge is 0.490 e. The number of hydrogen-bond donors (Lipinski definition) is 9. The lowest BCUT2D eigenvalue weighted by Gasteiger charge is -2.26. The maximum absolute atomic E-state index is 11.9. The summed E-state index contributed by atoms with van der Waals surface area (Å²) in [6.07, 6.45) is -4.95. The first-order valence-corrected chi connectivity index (χ1v) is 13.2. The fourth-order valence-corrected chi connectivity index (χ4v) is 6.03. The first kappa shape index (κ1) is 26.9. The van der Waals surface area contributed by atoms with Crippen molar-refractivity contribution in [2.24, 2.45) is 0 Å². The molecule has 34 heavy (non-hydrogen) atoms. The van der Waals surface area contributed by atoms with Crippen LogP contribution in [-0.4, -0.2) is 74.8 Å². The third kappa shape index (κ3) is 5.76. The molecule has 0 bridgehead atoms. The van der Waals surface area contributed by atoms with E-state index in [1.165, 1.54) is 6.07 Å². The molecular formula is C12H18N5O14P3. The number of hydrogen-bond acceptors (Lipinski definition) is 15. The van der Waals surface area contributed by atoms with Crippen LogP contribution in [0.25, 0.3) is 10.9 Å². The number of fused-ring (bicyclic) bond motifs is 1. The maximum atomic E-state index is 11.9. The van der Waals surface area contributed by atoms with Crippen molar-refractivity contribution in [2.75, 3.05) is 18.1 Å². The lowest BCUT2D eigenvalue weighted by Crippen LogP contribution is -2.41. The van der Waals surface area contributed by atoms with Crippen molar-refractivity contribution in [3.8, 4) is 0 Å². The highest BCUT2D eigenvalue weighted by Gasteiger charge is 2.56. The van der Waals surface area contributed by atoms with Gasteiger partial charge < -0.3 is 51.1 Å². The summed E-state index contributed by atoms with van der Waals surface area (Å²) in [6, 6.07) is 1.20. The summed E-state index contributed by atoms with van der Waals surface area (Å²) in [5.41, 5.74) is 11.0. The van der Waals surface area contributed by atoms with Gasteiger partial charge in [0.1, 0.15) is 41.7 Å². The Morgan fingerprint density at radius 1 is 1.06 bits per heavy atom. The van der Waals surface area contributed by atoms with Crippen molar-refractivity contribution in [3.05, 3.63) is 18.1 Å². The van der Waals surface area contributed by atoms with Crippen molar-refractivity contribution in [1.29, 1.82) is 0 Å². The lowest BCUT2D eigenvalue weighted by atomic mass is 9.99. The van der Waals surface area contributed by atoms with Crippen LogP contribution in [0.15, 0.2) is 12.4 Å². The first-order chi connectivity index (χ1) is 15.4.